The number of sulfonamides is 1. The highest BCUT2D eigenvalue weighted by atomic mass is 32.2. The van der Waals surface area contributed by atoms with Gasteiger partial charge in [0.25, 0.3) is 0 Å². The summed E-state index contributed by atoms with van der Waals surface area (Å²) in [4.78, 5) is 11.6. The Labute approximate surface area is 163 Å². The van der Waals surface area contributed by atoms with E-state index >= 15 is 0 Å². The molecule has 144 valence electrons. The number of ether oxygens (including phenoxy) is 2. The molecule has 0 bridgehead atoms. The third-order valence-electron chi connectivity index (χ3n) is 4.01. The highest BCUT2D eigenvalue weighted by Crippen LogP contribution is 2.43. The summed E-state index contributed by atoms with van der Waals surface area (Å²) in [6.45, 7) is 4.00. The number of nitrogens with zero attached hydrogens (tertiary/aromatic N) is 1. The van der Waals surface area contributed by atoms with Gasteiger partial charge in [0.2, 0.25) is 10.0 Å². The number of rotatable bonds is 6. The summed E-state index contributed by atoms with van der Waals surface area (Å²) >= 11 is 1.56. The predicted octanol–water partition coefficient (Wildman–Crippen LogP) is 3.45. The van der Waals surface area contributed by atoms with E-state index in [0.29, 0.717) is 30.4 Å². The van der Waals surface area contributed by atoms with Crippen LogP contribution in [-0.2, 0) is 14.8 Å². The lowest BCUT2D eigenvalue weighted by Gasteiger charge is -2.24. The maximum Gasteiger partial charge on any atom is 0.308 e. The van der Waals surface area contributed by atoms with E-state index in [1.165, 1.54) is 11.2 Å². The number of carbonyl (C=O) groups is 1. The van der Waals surface area contributed by atoms with Crippen LogP contribution in [0.15, 0.2) is 53.4 Å². The van der Waals surface area contributed by atoms with E-state index in [9.17, 15) is 13.2 Å². The molecule has 0 spiro atoms. The van der Waals surface area contributed by atoms with Crippen molar-refractivity contribution in [3.63, 3.8) is 0 Å². The van der Waals surface area contributed by atoms with E-state index in [1.54, 1.807) is 60.3 Å². The molecular weight excluding hydrogens is 386 g/mol. The van der Waals surface area contributed by atoms with Crippen LogP contribution in [0.3, 0.4) is 0 Å². The van der Waals surface area contributed by atoms with Crippen LogP contribution in [0.2, 0.25) is 0 Å². The topological polar surface area (TPSA) is 72.9 Å². The zero-order valence-corrected chi connectivity index (χ0v) is 16.8. The minimum absolute atomic E-state index is 0.277. The van der Waals surface area contributed by atoms with Crippen molar-refractivity contribution in [3.8, 4) is 11.5 Å². The van der Waals surface area contributed by atoms with Crippen LogP contribution in [0.1, 0.15) is 24.8 Å². The first-order valence-electron chi connectivity index (χ1n) is 8.57. The minimum atomic E-state index is -3.60. The quantitative estimate of drug-likeness (QED) is 0.539. The fourth-order valence-electron chi connectivity index (χ4n) is 2.88. The zero-order valence-electron chi connectivity index (χ0n) is 15.1. The van der Waals surface area contributed by atoms with Crippen LogP contribution in [-0.4, -0.2) is 37.6 Å². The first kappa shape index (κ1) is 19.7. The Morgan fingerprint density at radius 3 is 2.59 bits per heavy atom. The Balaban J connectivity index is 1.95. The van der Waals surface area contributed by atoms with Gasteiger partial charge in [-0.05, 0) is 36.8 Å². The first-order chi connectivity index (χ1) is 12.9. The van der Waals surface area contributed by atoms with Gasteiger partial charge in [0.05, 0.1) is 16.9 Å². The molecule has 0 radical (unpaired) electrons. The average Bonchev–Trinajstić information content (AvgIpc) is 3.14. The van der Waals surface area contributed by atoms with Crippen molar-refractivity contribution in [2.75, 3.05) is 18.9 Å². The fraction of sp³-hybridized carbons (Fsp3) is 0.316. The van der Waals surface area contributed by atoms with E-state index < -0.39 is 16.0 Å². The summed E-state index contributed by atoms with van der Waals surface area (Å²) in [5, 5.41) is -0.360. The third kappa shape index (κ3) is 4.28. The summed E-state index contributed by atoms with van der Waals surface area (Å²) in [5.74, 6) is 1.02. The number of hydrogen-bond acceptors (Lipinski definition) is 6. The second-order valence-corrected chi connectivity index (χ2v) is 8.96. The molecular formula is C19H21NO5S2. The van der Waals surface area contributed by atoms with Gasteiger partial charge in [-0.1, -0.05) is 24.3 Å². The van der Waals surface area contributed by atoms with Crippen molar-refractivity contribution in [3.05, 3.63) is 54.1 Å². The van der Waals surface area contributed by atoms with E-state index in [1.807, 2.05) is 6.92 Å². The summed E-state index contributed by atoms with van der Waals surface area (Å²) in [6.07, 6.45) is 0. The number of carbonyl (C=O) groups excluding carboxylic acids is 1. The first-order valence-corrected chi connectivity index (χ1v) is 11.1. The molecule has 1 aliphatic rings. The van der Waals surface area contributed by atoms with E-state index in [2.05, 4.69) is 0 Å². The van der Waals surface area contributed by atoms with Gasteiger partial charge in [-0.15, -0.1) is 11.8 Å². The average molecular weight is 408 g/mol. The van der Waals surface area contributed by atoms with Crippen molar-refractivity contribution < 1.29 is 22.7 Å². The molecule has 0 aromatic heterocycles. The van der Waals surface area contributed by atoms with Crippen molar-refractivity contribution >= 4 is 27.8 Å². The van der Waals surface area contributed by atoms with Gasteiger partial charge in [0, 0.05) is 19.2 Å². The maximum atomic E-state index is 13.1. The molecule has 1 atom stereocenters. The monoisotopic (exact) mass is 407 g/mol. The lowest BCUT2D eigenvalue weighted by atomic mass is 10.2. The van der Waals surface area contributed by atoms with E-state index in [4.69, 9.17) is 9.47 Å². The Kier molecular flexibility index (Phi) is 6.08. The molecule has 1 heterocycles. The summed E-state index contributed by atoms with van der Waals surface area (Å²) in [7, 11) is -3.60. The summed E-state index contributed by atoms with van der Waals surface area (Å²) in [5.41, 5.74) is 0.788. The molecule has 1 fully saturated rings. The van der Waals surface area contributed by atoms with Crippen LogP contribution in [0, 0.1) is 0 Å². The molecule has 1 aliphatic heterocycles. The van der Waals surface area contributed by atoms with E-state index in [-0.39, 0.29) is 10.3 Å². The van der Waals surface area contributed by atoms with Crippen LogP contribution in [0.25, 0.3) is 0 Å². The van der Waals surface area contributed by atoms with E-state index in [0.717, 1.165) is 5.56 Å². The Morgan fingerprint density at radius 1 is 1.19 bits per heavy atom. The number of esters is 1. The normalized spacial score (nSPS) is 17.6. The molecule has 0 N–H and O–H groups in total. The van der Waals surface area contributed by atoms with Crippen LogP contribution in [0.5, 0.6) is 11.5 Å². The molecule has 1 saturated heterocycles. The van der Waals surface area contributed by atoms with Gasteiger partial charge in [0.1, 0.15) is 0 Å². The highest BCUT2D eigenvalue weighted by Gasteiger charge is 2.37. The predicted molar refractivity (Wildman–Crippen MR) is 104 cm³/mol. The zero-order chi connectivity index (χ0) is 19.4. The molecule has 1 unspecified atom stereocenters. The van der Waals surface area contributed by atoms with Crippen LogP contribution in [0.4, 0.5) is 0 Å². The molecule has 6 nitrogen and oxygen atoms in total. The summed E-state index contributed by atoms with van der Waals surface area (Å²) in [6, 6.07) is 13.6. The lowest BCUT2D eigenvalue weighted by Crippen LogP contribution is -2.30. The SMILES string of the molecule is CCOc1cc(C2SCCN2S(=O)(=O)c2ccccc2)ccc1OC(C)=O. The van der Waals surface area contributed by atoms with Gasteiger partial charge in [-0.2, -0.15) is 4.31 Å². The molecule has 27 heavy (non-hydrogen) atoms. The second-order valence-electron chi connectivity index (χ2n) is 5.88. The second kappa shape index (κ2) is 8.33. The Morgan fingerprint density at radius 2 is 1.93 bits per heavy atom. The molecule has 2 aromatic carbocycles. The number of hydrogen-bond donors (Lipinski definition) is 0. The molecule has 0 saturated carbocycles. The highest BCUT2D eigenvalue weighted by molar-refractivity contribution is 8.01. The van der Waals surface area contributed by atoms with Gasteiger partial charge in [0.15, 0.2) is 11.5 Å². The van der Waals surface area contributed by atoms with Crippen molar-refractivity contribution in [2.45, 2.75) is 24.1 Å². The van der Waals surface area contributed by atoms with Gasteiger partial charge in [-0.3, -0.25) is 4.79 Å². The molecule has 2 aromatic rings. The fourth-order valence-corrected chi connectivity index (χ4v) is 6.13. The van der Waals surface area contributed by atoms with Gasteiger partial charge in [-0.25, -0.2) is 8.42 Å². The Bertz CT molecular complexity index is 915. The van der Waals surface area contributed by atoms with Crippen molar-refractivity contribution in [1.29, 1.82) is 0 Å². The van der Waals surface area contributed by atoms with Crippen LogP contribution >= 0.6 is 11.8 Å². The largest absolute Gasteiger partial charge is 0.490 e. The van der Waals surface area contributed by atoms with Gasteiger partial charge < -0.3 is 9.47 Å². The molecule has 0 amide bonds. The van der Waals surface area contributed by atoms with Crippen molar-refractivity contribution in [1.82, 2.24) is 4.31 Å². The minimum Gasteiger partial charge on any atom is -0.490 e. The Hall–Kier alpha value is -2.03. The summed E-state index contributed by atoms with van der Waals surface area (Å²) < 4.78 is 38.4. The standard InChI is InChI=1S/C19H21NO5S2/c1-3-24-18-13-15(9-10-17(18)25-14(2)21)19-20(11-12-26-19)27(22,23)16-7-5-4-6-8-16/h4-10,13,19H,3,11-12H2,1-2H3. The smallest absolute Gasteiger partial charge is 0.308 e. The third-order valence-corrected chi connectivity index (χ3v) is 7.28. The van der Waals surface area contributed by atoms with Crippen LogP contribution < -0.4 is 9.47 Å². The van der Waals surface area contributed by atoms with Crippen molar-refractivity contribution in [2.24, 2.45) is 0 Å². The molecule has 0 aliphatic carbocycles. The lowest BCUT2D eigenvalue weighted by molar-refractivity contribution is -0.132. The number of benzene rings is 2. The maximum absolute atomic E-state index is 13.1. The molecule has 3 rings (SSSR count). The number of thioether (sulfide) groups is 1. The molecule has 8 heteroatoms. The van der Waals surface area contributed by atoms with Gasteiger partial charge >= 0.3 is 5.97 Å².